The van der Waals surface area contributed by atoms with Crippen LogP contribution in [0.4, 0.5) is 4.39 Å². The highest BCUT2D eigenvalue weighted by molar-refractivity contribution is 6.02. The lowest BCUT2D eigenvalue weighted by atomic mass is 10.0. The Morgan fingerprint density at radius 3 is 3.00 bits per heavy atom. The Bertz CT molecular complexity index is 455. The fourth-order valence-electron chi connectivity index (χ4n) is 1.56. The molecule has 4 nitrogen and oxygen atoms in total. The number of Topliss-reactive ketones (excluding diaryl/α,β-unsaturated/α-hetero) is 1. The van der Waals surface area contributed by atoms with Crippen molar-refractivity contribution in [3.63, 3.8) is 0 Å². The molecule has 1 aromatic carbocycles. The molecular weight excluding hydrogens is 215 g/mol. The van der Waals surface area contributed by atoms with E-state index in [2.05, 4.69) is 4.74 Å². The first kappa shape index (κ1) is 10.6. The van der Waals surface area contributed by atoms with E-state index < -0.39 is 17.9 Å². The SMILES string of the molecule is COC(=O)[C@H]1CC(=O)c2cc(F)ccc2O1. The summed E-state index contributed by atoms with van der Waals surface area (Å²) in [6.45, 7) is 0. The van der Waals surface area contributed by atoms with Gasteiger partial charge in [0.25, 0.3) is 0 Å². The Balaban J connectivity index is 2.33. The second kappa shape index (κ2) is 3.92. The fourth-order valence-corrected chi connectivity index (χ4v) is 1.56. The van der Waals surface area contributed by atoms with Crippen molar-refractivity contribution in [3.05, 3.63) is 29.6 Å². The molecule has 0 fully saturated rings. The molecule has 0 N–H and O–H groups in total. The number of fused-ring (bicyclic) bond motifs is 1. The smallest absolute Gasteiger partial charge is 0.347 e. The van der Waals surface area contributed by atoms with Crippen LogP contribution in [0.15, 0.2) is 18.2 Å². The molecule has 16 heavy (non-hydrogen) atoms. The van der Waals surface area contributed by atoms with Crippen molar-refractivity contribution in [2.75, 3.05) is 7.11 Å². The molecule has 1 aromatic rings. The van der Waals surface area contributed by atoms with Crippen molar-refractivity contribution in [2.24, 2.45) is 0 Å². The van der Waals surface area contributed by atoms with Crippen LogP contribution in [-0.4, -0.2) is 25.0 Å². The number of methoxy groups -OCH3 is 1. The Kier molecular flexibility index (Phi) is 2.60. The van der Waals surface area contributed by atoms with Crippen molar-refractivity contribution in [2.45, 2.75) is 12.5 Å². The van der Waals surface area contributed by atoms with Crippen LogP contribution in [0.25, 0.3) is 0 Å². The molecule has 0 spiro atoms. The highest BCUT2D eigenvalue weighted by Crippen LogP contribution is 2.28. The molecule has 0 bridgehead atoms. The number of halogens is 1. The third-order valence-electron chi connectivity index (χ3n) is 2.35. The minimum absolute atomic E-state index is 0.122. The summed E-state index contributed by atoms with van der Waals surface area (Å²) in [5, 5.41) is 0. The Morgan fingerprint density at radius 1 is 1.56 bits per heavy atom. The predicted octanol–water partition coefficient (Wildman–Crippen LogP) is 1.33. The molecule has 0 aromatic heterocycles. The molecule has 0 radical (unpaired) electrons. The first-order chi connectivity index (χ1) is 7.61. The van der Waals surface area contributed by atoms with Crippen LogP contribution >= 0.6 is 0 Å². The maximum Gasteiger partial charge on any atom is 0.347 e. The number of carbonyl (C=O) groups is 2. The van der Waals surface area contributed by atoms with Gasteiger partial charge in [-0.25, -0.2) is 9.18 Å². The van der Waals surface area contributed by atoms with Crippen molar-refractivity contribution >= 4 is 11.8 Å². The van der Waals surface area contributed by atoms with Gasteiger partial charge in [-0.05, 0) is 18.2 Å². The van der Waals surface area contributed by atoms with Gasteiger partial charge in [-0.1, -0.05) is 0 Å². The summed E-state index contributed by atoms with van der Waals surface area (Å²) in [4.78, 5) is 22.8. The van der Waals surface area contributed by atoms with E-state index in [0.717, 1.165) is 6.07 Å². The number of rotatable bonds is 1. The average molecular weight is 224 g/mol. The minimum Gasteiger partial charge on any atom is -0.477 e. The van der Waals surface area contributed by atoms with E-state index in [1.54, 1.807) is 0 Å². The molecule has 0 saturated heterocycles. The number of benzene rings is 1. The molecule has 1 aliphatic rings. The van der Waals surface area contributed by atoms with E-state index in [0.29, 0.717) is 0 Å². The highest BCUT2D eigenvalue weighted by atomic mass is 19.1. The third-order valence-corrected chi connectivity index (χ3v) is 2.35. The standard InChI is InChI=1S/C11H9FO4/c1-15-11(14)10-5-8(13)7-4-6(12)2-3-9(7)16-10/h2-4,10H,5H2,1H3/t10-/m1/s1. The number of ether oxygens (including phenoxy) is 2. The fraction of sp³-hybridized carbons (Fsp3) is 0.273. The summed E-state index contributed by atoms with van der Waals surface area (Å²) in [6, 6.07) is 3.61. The lowest BCUT2D eigenvalue weighted by Gasteiger charge is -2.22. The van der Waals surface area contributed by atoms with Crippen LogP contribution < -0.4 is 4.74 Å². The van der Waals surface area contributed by atoms with Gasteiger partial charge in [0.1, 0.15) is 11.6 Å². The van der Waals surface area contributed by atoms with Gasteiger partial charge in [0.15, 0.2) is 5.78 Å². The number of hydrogen-bond donors (Lipinski definition) is 0. The second-order valence-corrected chi connectivity index (χ2v) is 3.40. The first-order valence-corrected chi connectivity index (χ1v) is 4.69. The number of carbonyl (C=O) groups excluding carboxylic acids is 2. The van der Waals surface area contributed by atoms with E-state index in [4.69, 9.17) is 4.74 Å². The molecule has 1 atom stereocenters. The van der Waals surface area contributed by atoms with E-state index >= 15 is 0 Å². The molecule has 2 rings (SSSR count). The summed E-state index contributed by atoms with van der Waals surface area (Å²) < 4.78 is 22.6. The van der Waals surface area contributed by atoms with Gasteiger partial charge in [-0.3, -0.25) is 4.79 Å². The predicted molar refractivity (Wildman–Crippen MR) is 51.8 cm³/mol. The zero-order valence-electron chi connectivity index (χ0n) is 8.53. The molecule has 84 valence electrons. The van der Waals surface area contributed by atoms with Crippen LogP contribution in [0.3, 0.4) is 0 Å². The van der Waals surface area contributed by atoms with Crippen molar-refractivity contribution in [1.82, 2.24) is 0 Å². The molecular formula is C11H9FO4. The van der Waals surface area contributed by atoms with Crippen LogP contribution in [0.1, 0.15) is 16.8 Å². The minimum atomic E-state index is -0.935. The maximum absolute atomic E-state index is 12.9. The normalized spacial score (nSPS) is 18.6. The molecule has 0 saturated carbocycles. The summed E-state index contributed by atoms with van der Waals surface area (Å²) in [6.07, 6.45) is -1.06. The Morgan fingerprint density at radius 2 is 2.31 bits per heavy atom. The van der Waals surface area contributed by atoms with E-state index in [-0.39, 0.29) is 23.5 Å². The third kappa shape index (κ3) is 1.76. The summed E-state index contributed by atoms with van der Waals surface area (Å²) in [5.74, 6) is -1.22. The molecule has 0 aliphatic carbocycles. The Hall–Kier alpha value is -1.91. The van der Waals surface area contributed by atoms with E-state index in [1.165, 1.54) is 19.2 Å². The number of esters is 1. The first-order valence-electron chi connectivity index (χ1n) is 4.69. The van der Waals surface area contributed by atoms with Gasteiger partial charge in [0.2, 0.25) is 6.10 Å². The molecule has 0 unspecified atom stereocenters. The average Bonchev–Trinajstić information content (AvgIpc) is 2.28. The van der Waals surface area contributed by atoms with Gasteiger partial charge in [-0.15, -0.1) is 0 Å². The lowest BCUT2D eigenvalue weighted by molar-refractivity contribution is -0.148. The van der Waals surface area contributed by atoms with Crippen molar-refractivity contribution in [1.29, 1.82) is 0 Å². The van der Waals surface area contributed by atoms with Gasteiger partial charge < -0.3 is 9.47 Å². The summed E-state index contributed by atoms with van der Waals surface area (Å²) in [7, 11) is 1.22. The topological polar surface area (TPSA) is 52.6 Å². The van der Waals surface area contributed by atoms with Crippen molar-refractivity contribution in [3.8, 4) is 5.75 Å². The molecule has 1 aliphatic heterocycles. The largest absolute Gasteiger partial charge is 0.477 e. The van der Waals surface area contributed by atoms with Crippen LogP contribution in [0, 0.1) is 5.82 Å². The van der Waals surface area contributed by atoms with E-state index in [1.807, 2.05) is 0 Å². The van der Waals surface area contributed by atoms with Gasteiger partial charge in [-0.2, -0.15) is 0 Å². The van der Waals surface area contributed by atoms with Gasteiger partial charge in [0.05, 0.1) is 19.1 Å². The molecule has 1 heterocycles. The zero-order valence-corrected chi connectivity index (χ0v) is 8.53. The monoisotopic (exact) mass is 224 g/mol. The summed E-state index contributed by atoms with van der Waals surface area (Å²) in [5.41, 5.74) is 0.167. The second-order valence-electron chi connectivity index (χ2n) is 3.40. The van der Waals surface area contributed by atoms with Crippen LogP contribution in [0.2, 0.25) is 0 Å². The van der Waals surface area contributed by atoms with Gasteiger partial charge >= 0.3 is 5.97 Å². The highest BCUT2D eigenvalue weighted by Gasteiger charge is 2.32. The van der Waals surface area contributed by atoms with Crippen LogP contribution in [-0.2, 0) is 9.53 Å². The number of hydrogen-bond acceptors (Lipinski definition) is 4. The summed E-state index contributed by atoms with van der Waals surface area (Å²) >= 11 is 0. The maximum atomic E-state index is 12.9. The Labute approximate surface area is 91.0 Å². The van der Waals surface area contributed by atoms with E-state index in [9.17, 15) is 14.0 Å². The number of ketones is 1. The van der Waals surface area contributed by atoms with Crippen molar-refractivity contribution < 1.29 is 23.5 Å². The van der Waals surface area contributed by atoms with Crippen LogP contribution in [0.5, 0.6) is 5.75 Å². The zero-order chi connectivity index (χ0) is 11.7. The quantitative estimate of drug-likeness (QED) is 0.675. The molecule has 0 amide bonds. The molecule has 5 heteroatoms. The van der Waals surface area contributed by atoms with Gasteiger partial charge in [0, 0.05) is 0 Å². The lowest BCUT2D eigenvalue weighted by Crippen LogP contribution is -2.35.